The zero-order valence-electron chi connectivity index (χ0n) is 14.3. The van der Waals surface area contributed by atoms with E-state index < -0.39 is 0 Å². The number of carbonyl (C=O) groups is 1. The molecule has 8 nitrogen and oxygen atoms in total. The van der Waals surface area contributed by atoms with Gasteiger partial charge in [0.1, 0.15) is 5.76 Å². The molecule has 24 heavy (non-hydrogen) atoms. The number of hydrogen-bond donors (Lipinski definition) is 1. The minimum atomic E-state index is -0.102. The first-order valence-corrected chi connectivity index (χ1v) is 8.08. The van der Waals surface area contributed by atoms with E-state index in [0.29, 0.717) is 37.8 Å². The third kappa shape index (κ3) is 4.21. The summed E-state index contributed by atoms with van der Waals surface area (Å²) in [5.41, 5.74) is 2.12. The van der Waals surface area contributed by atoms with Crippen molar-refractivity contribution in [2.45, 2.75) is 33.4 Å². The van der Waals surface area contributed by atoms with E-state index in [-0.39, 0.29) is 12.0 Å². The van der Waals surface area contributed by atoms with Crippen molar-refractivity contribution in [3.63, 3.8) is 0 Å². The molecule has 0 bridgehead atoms. The largest absolute Gasteiger partial charge is 0.374 e. The van der Waals surface area contributed by atoms with Gasteiger partial charge in [-0.25, -0.2) is 0 Å². The van der Waals surface area contributed by atoms with E-state index in [1.165, 1.54) is 0 Å². The monoisotopic (exact) mass is 333 g/mol. The molecule has 1 fully saturated rings. The van der Waals surface area contributed by atoms with Gasteiger partial charge in [-0.05, 0) is 26.8 Å². The van der Waals surface area contributed by atoms with Crippen molar-refractivity contribution in [3.8, 4) is 0 Å². The quantitative estimate of drug-likeness (QED) is 0.883. The number of amides is 1. The number of nitrogens with zero attached hydrogens (tertiary/aromatic N) is 4. The molecule has 1 amide bonds. The molecule has 0 unspecified atom stereocenters. The van der Waals surface area contributed by atoms with Crippen LogP contribution in [0.15, 0.2) is 16.7 Å². The maximum absolute atomic E-state index is 12.1. The molecule has 3 rings (SSSR count). The number of anilines is 1. The Bertz CT molecular complexity index is 708. The van der Waals surface area contributed by atoms with Crippen LogP contribution in [0.2, 0.25) is 0 Å². The van der Waals surface area contributed by atoms with Gasteiger partial charge in [-0.3, -0.25) is 14.4 Å². The highest BCUT2D eigenvalue weighted by atomic mass is 16.5. The summed E-state index contributed by atoms with van der Waals surface area (Å²) in [6.45, 7) is 8.85. The second-order valence-corrected chi connectivity index (χ2v) is 6.21. The fourth-order valence-electron chi connectivity index (χ4n) is 2.90. The summed E-state index contributed by atoms with van der Waals surface area (Å²) >= 11 is 0. The molecule has 1 aliphatic rings. The van der Waals surface area contributed by atoms with Crippen LogP contribution in [-0.2, 0) is 16.1 Å². The summed E-state index contributed by atoms with van der Waals surface area (Å²) in [7, 11) is 0. The van der Waals surface area contributed by atoms with E-state index in [1.807, 2.05) is 24.6 Å². The Morgan fingerprint density at radius 3 is 2.88 bits per heavy atom. The highest BCUT2D eigenvalue weighted by Gasteiger charge is 2.23. The second-order valence-electron chi connectivity index (χ2n) is 6.21. The summed E-state index contributed by atoms with van der Waals surface area (Å²) in [6, 6.07) is 3.75. The summed E-state index contributed by atoms with van der Waals surface area (Å²) in [6.07, 6.45) is 0.0267. The minimum absolute atomic E-state index is 0.0267. The third-order valence-electron chi connectivity index (χ3n) is 3.97. The molecule has 0 aromatic carbocycles. The molecule has 1 N–H and O–H groups in total. The number of aryl methyl sites for hydroxylation is 3. The Hall–Kier alpha value is -2.19. The fraction of sp³-hybridized carbons (Fsp3) is 0.562. The van der Waals surface area contributed by atoms with Crippen LogP contribution in [0.4, 0.5) is 5.82 Å². The molecule has 3 heterocycles. The highest BCUT2D eigenvalue weighted by Crippen LogP contribution is 2.11. The first-order valence-electron chi connectivity index (χ1n) is 8.08. The zero-order chi connectivity index (χ0) is 17.1. The van der Waals surface area contributed by atoms with Gasteiger partial charge in [-0.15, -0.1) is 0 Å². The number of carbonyl (C=O) groups excluding carboxylic acids is 1. The average molecular weight is 333 g/mol. The molecule has 0 spiro atoms. The van der Waals surface area contributed by atoms with Crippen molar-refractivity contribution < 1.29 is 14.1 Å². The molecule has 130 valence electrons. The Labute approximate surface area is 140 Å². The fourth-order valence-corrected chi connectivity index (χ4v) is 2.90. The number of hydrogen-bond acceptors (Lipinski definition) is 6. The van der Waals surface area contributed by atoms with Crippen LogP contribution < -0.4 is 5.32 Å². The van der Waals surface area contributed by atoms with Gasteiger partial charge in [0.25, 0.3) is 0 Å². The van der Waals surface area contributed by atoms with E-state index in [2.05, 4.69) is 20.5 Å². The van der Waals surface area contributed by atoms with Crippen molar-refractivity contribution in [3.05, 3.63) is 29.3 Å². The maximum atomic E-state index is 12.1. The highest BCUT2D eigenvalue weighted by molar-refractivity contribution is 5.91. The number of nitrogens with one attached hydrogen (secondary N) is 1. The van der Waals surface area contributed by atoms with Crippen LogP contribution in [0.3, 0.4) is 0 Å². The lowest BCUT2D eigenvalue weighted by Crippen LogP contribution is -2.47. The molecule has 8 heteroatoms. The van der Waals surface area contributed by atoms with Crippen molar-refractivity contribution in [2.75, 3.05) is 31.6 Å². The molecule has 2 aromatic rings. The molecule has 1 aliphatic heterocycles. The molecule has 1 atom stereocenters. The van der Waals surface area contributed by atoms with Crippen LogP contribution in [0.25, 0.3) is 0 Å². The van der Waals surface area contributed by atoms with Crippen molar-refractivity contribution in [2.24, 2.45) is 0 Å². The molecule has 1 saturated heterocycles. The standard InChI is InChI=1S/C16H23N5O3/c1-11-6-12(2)21(18-11)9-14-8-20(4-5-23-14)10-16(22)17-15-7-13(3)24-19-15/h6-7,14H,4-5,8-10H2,1-3H3,(H,17,19,22)/t14-/m0/s1. The Balaban J connectivity index is 1.51. The van der Waals surface area contributed by atoms with Gasteiger partial charge in [0.15, 0.2) is 5.82 Å². The lowest BCUT2D eigenvalue weighted by atomic mass is 10.2. The minimum Gasteiger partial charge on any atom is -0.374 e. The predicted molar refractivity (Wildman–Crippen MR) is 87.8 cm³/mol. The Kier molecular flexibility index (Phi) is 4.96. The molecule has 0 radical (unpaired) electrons. The summed E-state index contributed by atoms with van der Waals surface area (Å²) in [4.78, 5) is 14.2. The van der Waals surface area contributed by atoms with E-state index in [4.69, 9.17) is 9.26 Å². The first-order chi connectivity index (χ1) is 11.5. The van der Waals surface area contributed by atoms with Gasteiger partial charge in [0, 0.05) is 24.8 Å². The van der Waals surface area contributed by atoms with Gasteiger partial charge in [0.2, 0.25) is 5.91 Å². The number of ether oxygens (including phenoxy) is 1. The molecule has 0 saturated carbocycles. The lowest BCUT2D eigenvalue weighted by Gasteiger charge is -2.32. The van der Waals surface area contributed by atoms with Gasteiger partial charge >= 0.3 is 0 Å². The number of rotatable bonds is 5. The normalized spacial score (nSPS) is 18.7. The summed E-state index contributed by atoms with van der Waals surface area (Å²) < 4.78 is 12.7. The molecule has 2 aromatic heterocycles. The molecular formula is C16H23N5O3. The van der Waals surface area contributed by atoms with Crippen LogP contribution in [-0.4, -0.2) is 58.1 Å². The predicted octanol–water partition coefficient (Wildman–Crippen LogP) is 1.14. The van der Waals surface area contributed by atoms with Crippen LogP contribution >= 0.6 is 0 Å². The van der Waals surface area contributed by atoms with Gasteiger partial charge in [-0.1, -0.05) is 5.16 Å². The second kappa shape index (κ2) is 7.14. The third-order valence-corrected chi connectivity index (χ3v) is 3.97. The van der Waals surface area contributed by atoms with Crippen LogP contribution in [0.1, 0.15) is 17.1 Å². The van der Waals surface area contributed by atoms with Crippen molar-refractivity contribution in [1.29, 1.82) is 0 Å². The van der Waals surface area contributed by atoms with Gasteiger partial charge in [-0.2, -0.15) is 5.10 Å². The van der Waals surface area contributed by atoms with Crippen LogP contribution in [0.5, 0.6) is 0 Å². The SMILES string of the molecule is Cc1cc(C)n(C[C@@H]2CN(CC(=O)Nc3cc(C)on3)CCO2)n1. The molecule has 0 aliphatic carbocycles. The van der Waals surface area contributed by atoms with Crippen molar-refractivity contribution >= 4 is 11.7 Å². The zero-order valence-corrected chi connectivity index (χ0v) is 14.3. The van der Waals surface area contributed by atoms with Crippen LogP contribution in [0, 0.1) is 20.8 Å². The number of aromatic nitrogens is 3. The number of morpholine rings is 1. The smallest absolute Gasteiger partial charge is 0.239 e. The van der Waals surface area contributed by atoms with Crippen molar-refractivity contribution in [1.82, 2.24) is 19.8 Å². The topological polar surface area (TPSA) is 85.4 Å². The maximum Gasteiger partial charge on any atom is 0.239 e. The van der Waals surface area contributed by atoms with E-state index in [0.717, 1.165) is 17.9 Å². The summed E-state index contributed by atoms with van der Waals surface area (Å²) in [5, 5.41) is 11.0. The van der Waals surface area contributed by atoms with E-state index in [9.17, 15) is 4.79 Å². The lowest BCUT2D eigenvalue weighted by molar-refractivity contribution is -0.119. The summed E-state index contributed by atoms with van der Waals surface area (Å²) in [5.74, 6) is 1.02. The average Bonchev–Trinajstić information content (AvgIpc) is 3.05. The van der Waals surface area contributed by atoms with E-state index in [1.54, 1.807) is 13.0 Å². The van der Waals surface area contributed by atoms with Gasteiger partial charge in [0.05, 0.1) is 31.5 Å². The first kappa shape index (κ1) is 16.7. The van der Waals surface area contributed by atoms with E-state index >= 15 is 0 Å². The van der Waals surface area contributed by atoms with Gasteiger partial charge < -0.3 is 14.6 Å². The molecular weight excluding hydrogens is 310 g/mol. The Morgan fingerprint density at radius 2 is 2.21 bits per heavy atom. The Morgan fingerprint density at radius 1 is 1.38 bits per heavy atom.